The van der Waals surface area contributed by atoms with Crippen LogP contribution in [-0.4, -0.2) is 30.2 Å². The van der Waals surface area contributed by atoms with Gasteiger partial charge in [0.2, 0.25) is 0 Å². The molecule has 1 fully saturated rings. The molecule has 0 amide bonds. The second-order valence-electron chi connectivity index (χ2n) is 7.26. The Labute approximate surface area is 179 Å². The number of ether oxygens (including phenoxy) is 2. The summed E-state index contributed by atoms with van der Waals surface area (Å²) in [6, 6.07) is 10.0. The van der Waals surface area contributed by atoms with E-state index in [1.165, 1.54) is 6.07 Å². The molecular weight excluding hydrogens is 439 g/mol. The van der Waals surface area contributed by atoms with Gasteiger partial charge in [0.25, 0.3) is 0 Å². The number of aryl methyl sites for hydroxylation is 1. The molecule has 1 N–H and O–H groups in total. The molecule has 2 aromatic carbocycles. The van der Waals surface area contributed by atoms with Crippen LogP contribution < -0.4 is 4.74 Å². The van der Waals surface area contributed by atoms with Crippen LogP contribution in [0.3, 0.4) is 0 Å². The maximum absolute atomic E-state index is 14.2. The second kappa shape index (κ2) is 10.3. The highest BCUT2D eigenvalue weighted by molar-refractivity contribution is 9.10. The molecule has 1 aliphatic heterocycles. The first-order valence-electron chi connectivity index (χ1n) is 10.0. The van der Waals surface area contributed by atoms with E-state index in [0.717, 1.165) is 17.5 Å². The third-order valence-electron chi connectivity index (χ3n) is 5.19. The summed E-state index contributed by atoms with van der Waals surface area (Å²) in [6.45, 7) is 3.16. The number of halogens is 2. The number of Topliss-reactive ketones (excluding diaryl/α,β-unsaturated/α-hetero) is 1. The third kappa shape index (κ3) is 5.65. The van der Waals surface area contributed by atoms with Gasteiger partial charge in [-0.25, -0.2) is 4.39 Å². The highest BCUT2D eigenvalue weighted by atomic mass is 79.9. The lowest BCUT2D eigenvalue weighted by Gasteiger charge is -2.26. The largest absolute Gasteiger partial charge is 0.454 e. The molecule has 2 atom stereocenters. The molecule has 29 heavy (non-hydrogen) atoms. The van der Waals surface area contributed by atoms with Crippen LogP contribution in [0.2, 0.25) is 0 Å². The fraction of sp³-hybridized carbons (Fsp3) is 0.435. The molecule has 2 unspecified atom stereocenters. The Hall–Kier alpha value is -1.76. The van der Waals surface area contributed by atoms with E-state index in [4.69, 9.17) is 9.47 Å². The first-order valence-corrected chi connectivity index (χ1v) is 10.8. The highest BCUT2D eigenvalue weighted by Crippen LogP contribution is 2.34. The minimum absolute atomic E-state index is 0.00433. The van der Waals surface area contributed by atoms with Crippen molar-refractivity contribution < 1.29 is 23.8 Å². The Morgan fingerprint density at radius 3 is 2.76 bits per heavy atom. The molecule has 2 aromatic rings. The Morgan fingerprint density at radius 2 is 2.00 bits per heavy atom. The van der Waals surface area contributed by atoms with E-state index >= 15 is 0 Å². The van der Waals surface area contributed by atoms with Crippen molar-refractivity contribution in [2.45, 2.75) is 51.0 Å². The van der Waals surface area contributed by atoms with E-state index in [1.54, 1.807) is 24.3 Å². The SMILES string of the molecule is CCc1ccc(Oc2ccc(Br)cc2F)cc1C1C(=O)CCCOCCCC1O. The van der Waals surface area contributed by atoms with Gasteiger partial charge in [-0.15, -0.1) is 0 Å². The predicted molar refractivity (Wildman–Crippen MR) is 113 cm³/mol. The average molecular weight is 465 g/mol. The lowest BCUT2D eigenvalue weighted by molar-refractivity contribution is -0.123. The van der Waals surface area contributed by atoms with E-state index < -0.39 is 17.8 Å². The number of hydrogen-bond donors (Lipinski definition) is 1. The topological polar surface area (TPSA) is 55.8 Å². The molecule has 4 nitrogen and oxygen atoms in total. The summed E-state index contributed by atoms with van der Waals surface area (Å²) in [7, 11) is 0. The van der Waals surface area contributed by atoms with Gasteiger partial charge in [-0.1, -0.05) is 28.9 Å². The van der Waals surface area contributed by atoms with E-state index in [0.29, 0.717) is 49.1 Å². The van der Waals surface area contributed by atoms with Crippen LogP contribution in [0, 0.1) is 5.82 Å². The van der Waals surface area contributed by atoms with Crippen molar-refractivity contribution in [3.05, 3.63) is 57.8 Å². The van der Waals surface area contributed by atoms with Gasteiger partial charge < -0.3 is 14.6 Å². The summed E-state index contributed by atoms with van der Waals surface area (Å²) in [6.07, 6.45) is 2.14. The van der Waals surface area contributed by atoms with Gasteiger partial charge in [0, 0.05) is 24.1 Å². The molecule has 1 heterocycles. The van der Waals surface area contributed by atoms with Gasteiger partial charge in [-0.3, -0.25) is 4.79 Å². The van der Waals surface area contributed by atoms with Crippen molar-refractivity contribution in [3.63, 3.8) is 0 Å². The summed E-state index contributed by atoms with van der Waals surface area (Å²) in [5, 5.41) is 10.8. The summed E-state index contributed by atoms with van der Waals surface area (Å²) >= 11 is 3.23. The second-order valence-corrected chi connectivity index (χ2v) is 8.18. The molecule has 0 aromatic heterocycles. The first-order chi connectivity index (χ1) is 14.0. The van der Waals surface area contributed by atoms with Crippen LogP contribution in [0.4, 0.5) is 4.39 Å². The van der Waals surface area contributed by atoms with E-state index in [-0.39, 0.29) is 11.5 Å². The van der Waals surface area contributed by atoms with Crippen molar-refractivity contribution in [2.24, 2.45) is 0 Å². The summed E-state index contributed by atoms with van der Waals surface area (Å²) in [5.74, 6) is -0.529. The minimum Gasteiger partial charge on any atom is -0.454 e. The summed E-state index contributed by atoms with van der Waals surface area (Å²) in [4.78, 5) is 13.0. The van der Waals surface area contributed by atoms with Crippen LogP contribution in [0.5, 0.6) is 11.5 Å². The van der Waals surface area contributed by atoms with Crippen LogP contribution in [0.1, 0.15) is 49.7 Å². The standard InChI is InChI=1S/C23H26BrFO4/c1-2-15-7-9-17(29-22-10-8-16(24)13-19(22)25)14-18(15)23-20(26)5-3-11-28-12-4-6-21(23)27/h7-10,13-14,20,23,26H,2-6,11-12H2,1H3. The molecule has 1 saturated heterocycles. The van der Waals surface area contributed by atoms with Crippen LogP contribution in [-0.2, 0) is 16.0 Å². The molecular formula is C23H26BrFO4. The molecule has 0 bridgehead atoms. The Morgan fingerprint density at radius 1 is 1.21 bits per heavy atom. The van der Waals surface area contributed by atoms with Crippen molar-refractivity contribution in [2.75, 3.05) is 13.2 Å². The number of carbonyl (C=O) groups is 1. The van der Waals surface area contributed by atoms with Gasteiger partial charge >= 0.3 is 0 Å². The molecule has 0 saturated carbocycles. The first kappa shape index (κ1) is 21.9. The van der Waals surface area contributed by atoms with Crippen molar-refractivity contribution in [1.82, 2.24) is 0 Å². The molecule has 156 valence electrons. The number of carbonyl (C=O) groups excluding carboxylic acids is 1. The van der Waals surface area contributed by atoms with Gasteiger partial charge in [-0.05, 0) is 67.1 Å². The number of aliphatic hydroxyl groups is 1. The van der Waals surface area contributed by atoms with Gasteiger partial charge in [-0.2, -0.15) is 0 Å². The minimum atomic E-state index is -0.783. The molecule has 3 rings (SSSR count). The normalized spacial score (nSPS) is 21.0. The number of aliphatic hydroxyl groups excluding tert-OH is 1. The zero-order chi connectivity index (χ0) is 20.8. The monoisotopic (exact) mass is 464 g/mol. The van der Waals surface area contributed by atoms with E-state index in [2.05, 4.69) is 15.9 Å². The fourth-order valence-electron chi connectivity index (χ4n) is 3.70. The van der Waals surface area contributed by atoms with Gasteiger partial charge in [0.05, 0.1) is 12.0 Å². The number of hydrogen-bond acceptors (Lipinski definition) is 4. The molecule has 0 radical (unpaired) electrons. The molecule has 0 aliphatic carbocycles. The molecule has 1 aliphatic rings. The maximum atomic E-state index is 14.2. The summed E-state index contributed by atoms with van der Waals surface area (Å²) in [5.41, 5.74) is 1.75. The number of rotatable bonds is 4. The van der Waals surface area contributed by atoms with Gasteiger partial charge in [0.15, 0.2) is 11.6 Å². The Kier molecular flexibility index (Phi) is 7.81. The molecule has 6 heteroatoms. The van der Waals surface area contributed by atoms with Gasteiger partial charge in [0.1, 0.15) is 11.5 Å². The predicted octanol–water partition coefficient (Wildman–Crippen LogP) is 5.55. The van der Waals surface area contributed by atoms with Crippen LogP contribution in [0.25, 0.3) is 0 Å². The van der Waals surface area contributed by atoms with E-state index in [1.807, 2.05) is 13.0 Å². The third-order valence-corrected chi connectivity index (χ3v) is 5.68. The number of ketones is 1. The zero-order valence-corrected chi connectivity index (χ0v) is 18.1. The molecule has 0 spiro atoms. The lowest BCUT2D eigenvalue weighted by Crippen LogP contribution is -2.28. The van der Waals surface area contributed by atoms with Crippen LogP contribution >= 0.6 is 15.9 Å². The summed E-state index contributed by atoms with van der Waals surface area (Å²) < 4.78 is 26.0. The Bertz CT molecular complexity index is 855. The number of benzene rings is 2. The zero-order valence-electron chi connectivity index (χ0n) is 16.5. The average Bonchev–Trinajstić information content (AvgIpc) is 2.69. The quantitative estimate of drug-likeness (QED) is 0.644. The van der Waals surface area contributed by atoms with E-state index in [9.17, 15) is 14.3 Å². The smallest absolute Gasteiger partial charge is 0.166 e. The van der Waals surface area contributed by atoms with Crippen molar-refractivity contribution in [1.29, 1.82) is 0 Å². The van der Waals surface area contributed by atoms with Crippen molar-refractivity contribution >= 4 is 21.7 Å². The maximum Gasteiger partial charge on any atom is 0.166 e. The lowest BCUT2D eigenvalue weighted by atomic mass is 9.82. The Balaban J connectivity index is 1.94. The van der Waals surface area contributed by atoms with Crippen molar-refractivity contribution in [3.8, 4) is 11.5 Å². The highest BCUT2D eigenvalue weighted by Gasteiger charge is 2.30. The fourth-order valence-corrected chi connectivity index (χ4v) is 4.03. The van der Waals surface area contributed by atoms with Crippen LogP contribution in [0.15, 0.2) is 40.9 Å².